The first-order valence-electron chi connectivity index (χ1n) is 8.80. The molecule has 1 aromatic carbocycles. The van der Waals surface area contributed by atoms with Gasteiger partial charge in [0.15, 0.2) is 5.69 Å². The van der Waals surface area contributed by atoms with Gasteiger partial charge in [0.2, 0.25) is 0 Å². The molecule has 6 heteroatoms. The van der Waals surface area contributed by atoms with Crippen molar-refractivity contribution in [1.29, 1.82) is 0 Å². The van der Waals surface area contributed by atoms with Gasteiger partial charge in [0.1, 0.15) is 5.82 Å². The highest BCUT2D eigenvalue weighted by Crippen LogP contribution is 2.30. The predicted molar refractivity (Wildman–Crippen MR) is 106 cm³/mol. The number of hydrogen-bond acceptors (Lipinski definition) is 4. The SMILES string of the molecule is Cc1ccc(C)c(-n2nc(C(C)(C)C)cc2Nc2cccnc2C(=O)O)c1. The number of pyridine rings is 1. The second-order valence-corrected chi connectivity index (χ2v) is 7.70. The number of nitrogens with one attached hydrogen (secondary N) is 1. The molecule has 0 aliphatic rings. The molecule has 27 heavy (non-hydrogen) atoms. The monoisotopic (exact) mass is 364 g/mol. The maximum atomic E-state index is 11.5. The quantitative estimate of drug-likeness (QED) is 0.706. The van der Waals surface area contributed by atoms with E-state index in [1.165, 1.54) is 6.20 Å². The highest BCUT2D eigenvalue weighted by atomic mass is 16.4. The van der Waals surface area contributed by atoms with Crippen LogP contribution < -0.4 is 5.32 Å². The molecule has 0 spiro atoms. The van der Waals surface area contributed by atoms with Gasteiger partial charge in [-0.05, 0) is 43.2 Å². The highest BCUT2D eigenvalue weighted by molar-refractivity contribution is 5.92. The van der Waals surface area contributed by atoms with Crippen molar-refractivity contribution in [3.8, 4) is 5.69 Å². The molecule has 2 heterocycles. The molecular formula is C21H24N4O2. The molecule has 6 nitrogen and oxygen atoms in total. The number of nitrogens with zero attached hydrogens (tertiary/aromatic N) is 3. The van der Waals surface area contributed by atoms with E-state index >= 15 is 0 Å². The van der Waals surface area contributed by atoms with Gasteiger partial charge < -0.3 is 10.4 Å². The number of aromatic nitrogens is 3. The summed E-state index contributed by atoms with van der Waals surface area (Å²) in [7, 11) is 0. The minimum absolute atomic E-state index is 0.0245. The van der Waals surface area contributed by atoms with Crippen LogP contribution in [-0.4, -0.2) is 25.8 Å². The van der Waals surface area contributed by atoms with Gasteiger partial charge in [-0.2, -0.15) is 5.10 Å². The van der Waals surface area contributed by atoms with Crippen molar-refractivity contribution in [2.45, 2.75) is 40.0 Å². The first-order valence-corrected chi connectivity index (χ1v) is 8.80. The molecule has 0 unspecified atom stereocenters. The van der Waals surface area contributed by atoms with Crippen molar-refractivity contribution in [2.24, 2.45) is 0 Å². The van der Waals surface area contributed by atoms with Gasteiger partial charge in [0, 0.05) is 17.7 Å². The molecule has 0 aliphatic carbocycles. The van der Waals surface area contributed by atoms with Crippen LogP contribution in [0, 0.1) is 13.8 Å². The zero-order valence-corrected chi connectivity index (χ0v) is 16.2. The normalized spacial score (nSPS) is 11.4. The molecule has 0 fully saturated rings. The van der Waals surface area contributed by atoms with E-state index in [-0.39, 0.29) is 11.1 Å². The summed E-state index contributed by atoms with van der Waals surface area (Å²) in [5.74, 6) is -0.379. The third-order valence-corrected chi connectivity index (χ3v) is 4.34. The van der Waals surface area contributed by atoms with Gasteiger partial charge in [-0.1, -0.05) is 32.9 Å². The first-order chi connectivity index (χ1) is 12.7. The topological polar surface area (TPSA) is 80.0 Å². The third-order valence-electron chi connectivity index (χ3n) is 4.34. The lowest BCUT2D eigenvalue weighted by Gasteiger charge is -2.15. The minimum Gasteiger partial charge on any atom is -0.476 e. The fourth-order valence-electron chi connectivity index (χ4n) is 2.78. The lowest BCUT2D eigenvalue weighted by Crippen LogP contribution is -2.13. The maximum Gasteiger partial charge on any atom is 0.356 e. The van der Waals surface area contributed by atoms with Crippen LogP contribution in [0.1, 0.15) is 48.1 Å². The standard InChI is InChI=1S/C21H24N4O2/c1-13-8-9-14(2)16(11-13)25-18(12-17(24-25)21(3,4)5)23-15-7-6-10-22-19(15)20(26)27/h6-12,23H,1-5H3,(H,26,27). The van der Waals surface area contributed by atoms with E-state index < -0.39 is 5.97 Å². The molecule has 140 valence electrons. The highest BCUT2D eigenvalue weighted by Gasteiger charge is 2.22. The molecule has 0 atom stereocenters. The van der Waals surface area contributed by atoms with Gasteiger partial charge >= 0.3 is 5.97 Å². The van der Waals surface area contributed by atoms with E-state index in [4.69, 9.17) is 5.10 Å². The molecule has 0 saturated heterocycles. The summed E-state index contributed by atoms with van der Waals surface area (Å²) in [6, 6.07) is 11.6. The molecule has 2 N–H and O–H groups in total. The molecule has 0 saturated carbocycles. The number of rotatable bonds is 4. The molecular weight excluding hydrogens is 340 g/mol. The number of aromatic carboxylic acids is 1. The largest absolute Gasteiger partial charge is 0.476 e. The summed E-state index contributed by atoms with van der Waals surface area (Å²) in [6.45, 7) is 10.4. The van der Waals surface area contributed by atoms with Crippen LogP contribution in [0.2, 0.25) is 0 Å². The number of carbonyl (C=O) groups is 1. The predicted octanol–water partition coefficient (Wildman–Crippen LogP) is 4.62. The lowest BCUT2D eigenvalue weighted by atomic mass is 9.92. The van der Waals surface area contributed by atoms with E-state index in [9.17, 15) is 9.90 Å². The van der Waals surface area contributed by atoms with Crippen LogP contribution in [0.25, 0.3) is 5.69 Å². The third kappa shape index (κ3) is 3.84. The van der Waals surface area contributed by atoms with E-state index in [2.05, 4.69) is 49.3 Å². The summed E-state index contributed by atoms with van der Waals surface area (Å²) in [4.78, 5) is 15.5. The van der Waals surface area contributed by atoms with Crippen molar-refractivity contribution in [3.63, 3.8) is 0 Å². The van der Waals surface area contributed by atoms with Crippen LogP contribution in [0.5, 0.6) is 0 Å². The Morgan fingerprint density at radius 3 is 2.56 bits per heavy atom. The number of carboxylic acids is 1. The van der Waals surface area contributed by atoms with Crippen molar-refractivity contribution in [1.82, 2.24) is 14.8 Å². The molecule has 3 aromatic rings. The van der Waals surface area contributed by atoms with E-state index in [1.54, 1.807) is 12.1 Å². The summed E-state index contributed by atoms with van der Waals surface area (Å²) < 4.78 is 1.83. The Bertz CT molecular complexity index is 1000. The Morgan fingerprint density at radius 2 is 1.89 bits per heavy atom. The number of carboxylic acid groups (broad SMARTS) is 1. The van der Waals surface area contributed by atoms with Gasteiger partial charge in [-0.25, -0.2) is 14.5 Å². The Hall–Kier alpha value is -3.15. The number of anilines is 2. The maximum absolute atomic E-state index is 11.5. The molecule has 0 radical (unpaired) electrons. The molecule has 0 amide bonds. The fourth-order valence-corrected chi connectivity index (χ4v) is 2.78. The minimum atomic E-state index is -1.08. The summed E-state index contributed by atoms with van der Waals surface area (Å²) in [5.41, 5.74) is 4.32. The average molecular weight is 364 g/mol. The molecule has 0 bridgehead atoms. The Kier molecular flexibility index (Phi) is 4.74. The Morgan fingerprint density at radius 1 is 1.15 bits per heavy atom. The number of hydrogen-bond donors (Lipinski definition) is 2. The van der Waals surface area contributed by atoms with Crippen LogP contribution in [0.15, 0.2) is 42.6 Å². The fraction of sp³-hybridized carbons (Fsp3) is 0.286. The van der Waals surface area contributed by atoms with Crippen LogP contribution in [0.3, 0.4) is 0 Å². The second-order valence-electron chi connectivity index (χ2n) is 7.70. The summed E-state index contributed by atoms with van der Waals surface area (Å²) >= 11 is 0. The van der Waals surface area contributed by atoms with E-state index in [1.807, 2.05) is 24.6 Å². The average Bonchev–Trinajstić information content (AvgIpc) is 3.01. The summed E-state index contributed by atoms with van der Waals surface area (Å²) in [6.07, 6.45) is 1.47. The van der Waals surface area contributed by atoms with Crippen LogP contribution >= 0.6 is 0 Å². The Labute approximate surface area is 158 Å². The molecule has 2 aromatic heterocycles. The van der Waals surface area contributed by atoms with Crippen LogP contribution in [-0.2, 0) is 5.41 Å². The number of aryl methyl sites for hydroxylation is 2. The van der Waals surface area contributed by atoms with Crippen molar-refractivity contribution in [3.05, 3.63) is 65.1 Å². The smallest absolute Gasteiger partial charge is 0.356 e. The molecule has 3 rings (SSSR count). The Balaban J connectivity index is 2.16. The first kappa shape index (κ1) is 18.6. The van der Waals surface area contributed by atoms with Gasteiger partial charge in [-0.3, -0.25) is 0 Å². The van der Waals surface area contributed by atoms with Crippen molar-refractivity contribution < 1.29 is 9.90 Å². The van der Waals surface area contributed by atoms with Gasteiger partial charge in [0.25, 0.3) is 0 Å². The molecule has 0 aliphatic heterocycles. The van der Waals surface area contributed by atoms with E-state index in [0.717, 1.165) is 22.5 Å². The zero-order chi connectivity index (χ0) is 19.8. The van der Waals surface area contributed by atoms with E-state index in [0.29, 0.717) is 11.5 Å². The number of benzene rings is 1. The lowest BCUT2D eigenvalue weighted by molar-refractivity contribution is 0.0691. The summed E-state index contributed by atoms with van der Waals surface area (Å²) in [5, 5.41) is 17.4. The van der Waals surface area contributed by atoms with Gasteiger partial charge in [-0.15, -0.1) is 0 Å². The van der Waals surface area contributed by atoms with Crippen LogP contribution in [0.4, 0.5) is 11.5 Å². The van der Waals surface area contributed by atoms with Crippen molar-refractivity contribution in [2.75, 3.05) is 5.32 Å². The second kappa shape index (κ2) is 6.87. The van der Waals surface area contributed by atoms with Crippen molar-refractivity contribution >= 4 is 17.5 Å². The zero-order valence-electron chi connectivity index (χ0n) is 16.2. The van der Waals surface area contributed by atoms with Gasteiger partial charge in [0.05, 0.1) is 17.1 Å².